The second-order valence-electron chi connectivity index (χ2n) is 6.25. The fraction of sp³-hybridized carbons (Fsp3) is 0.333. The van der Waals surface area contributed by atoms with Crippen LogP contribution in [-0.2, 0) is 11.2 Å². The van der Waals surface area contributed by atoms with Gasteiger partial charge in [-0.25, -0.2) is 4.39 Å². The molecule has 2 N–H and O–H groups in total. The summed E-state index contributed by atoms with van der Waals surface area (Å²) >= 11 is 0. The van der Waals surface area contributed by atoms with E-state index >= 15 is 0 Å². The summed E-state index contributed by atoms with van der Waals surface area (Å²) in [5.74, 6) is -1.14. The Kier molecular flexibility index (Phi) is 7.80. The molecule has 2 amide bonds. The van der Waals surface area contributed by atoms with Crippen LogP contribution in [0, 0.1) is 5.82 Å². The zero-order valence-electron chi connectivity index (χ0n) is 15.1. The van der Waals surface area contributed by atoms with Gasteiger partial charge in [0.2, 0.25) is 5.91 Å². The third-order valence-electron chi connectivity index (χ3n) is 4.05. The molecule has 0 saturated heterocycles. The molecule has 0 radical (unpaired) electrons. The Bertz CT molecular complexity index is 729. The molecule has 2 aromatic rings. The zero-order valence-corrected chi connectivity index (χ0v) is 15.1. The SMILES string of the molecule is CCCCCCc1ccc(C(=O)NCC(=O)Nc2cccc(F)c2)cc1. The van der Waals surface area contributed by atoms with Crippen LogP contribution in [0.5, 0.6) is 0 Å². The van der Waals surface area contributed by atoms with E-state index in [9.17, 15) is 14.0 Å². The summed E-state index contributed by atoms with van der Waals surface area (Å²) in [5.41, 5.74) is 2.08. The topological polar surface area (TPSA) is 58.2 Å². The van der Waals surface area contributed by atoms with Gasteiger partial charge in [-0.3, -0.25) is 9.59 Å². The van der Waals surface area contributed by atoms with Crippen LogP contribution in [0.2, 0.25) is 0 Å². The van der Waals surface area contributed by atoms with E-state index in [-0.39, 0.29) is 12.5 Å². The molecular formula is C21H25FN2O2. The lowest BCUT2D eigenvalue weighted by Gasteiger charge is -2.08. The number of carbonyl (C=O) groups excluding carboxylic acids is 2. The fourth-order valence-electron chi connectivity index (χ4n) is 2.61. The Hall–Kier alpha value is -2.69. The number of hydrogen-bond acceptors (Lipinski definition) is 2. The maximum Gasteiger partial charge on any atom is 0.251 e. The Labute approximate surface area is 153 Å². The van der Waals surface area contributed by atoms with Crippen molar-refractivity contribution in [2.45, 2.75) is 39.0 Å². The number of aryl methyl sites for hydroxylation is 1. The highest BCUT2D eigenvalue weighted by Gasteiger charge is 2.08. The lowest BCUT2D eigenvalue weighted by atomic mass is 10.0. The van der Waals surface area contributed by atoms with Crippen molar-refractivity contribution in [1.29, 1.82) is 0 Å². The van der Waals surface area contributed by atoms with Gasteiger partial charge in [-0.15, -0.1) is 0 Å². The minimum absolute atomic E-state index is 0.173. The van der Waals surface area contributed by atoms with E-state index in [0.29, 0.717) is 11.3 Å². The van der Waals surface area contributed by atoms with Crippen molar-refractivity contribution < 1.29 is 14.0 Å². The molecule has 26 heavy (non-hydrogen) atoms. The van der Waals surface area contributed by atoms with Gasteiger partial charge in [0.05, 0.1) is 6.54 Å². The van der Waals surface area contributed by atoms with E-state index in [1.165, 1.54) is 43.0 Å². The molecule has 0 heterocycles. The van der Waals surface area contributed by atoms with Crippen LogP contribution in [0.4, 0.5) is 10.1 Å². The minimum atomic E-state index is -0.429. The molecule has 0 saturated carbocycles. The van der Waals surface area contributed by atoms with Gasteiger partial charge in [0.15, 0.2) is 0 Å². The van der Waals surface area contributed by atoms with Crippen LogP contribution in [0.3, 0.4) is 0 Å². The van der Waals surface area contributed by atoms with Gasteiger partial charge in [-0.2, -0.15) is 0 Å². The molecular weight excluding hydrogens is 331 g/mol. The maximum atomic E-state index is 13.1. The largest absolute Gasteiger partial charge is 0.343 e. The van der Waals surface area contributed by atoms with Crippen LogP contribution < -0.4 is 10.6 Å². The summed E-state index contributed by atoms with van der Waals surface area (Å²) in [6.07, 6.45) is 5.85. The Morgan fingerprint density at radius 3 is 2.46 bits per heavy atom. The summed E-state index contributed by atoms with van der Waals surface area (Å²) in [4.78, 5) is 24.0. The van der Waals surface area contributed by atoms with Crippen molar-refractivity contribution in [3.05, 3.63) is 65.5 Å². The van der Waals surface area contributed by atoms with Gasteiger partial charge in [0, 0.05) is 11.3 Å². The van der Waals surface area contributed by atoms with E-state index in [4.69, 9.17) is 0 Å². The number of hydrogen-bond donors (Lipinski definition) is 2. The van der Waals surface area contributed by atoms with Crippen molar-refractivity contribution in [3.63, 3.8) is 0 Å². The number of rotatable bonds is 9. The highest BCUT2D eigenvalue weighted by Crippen LogP contribution is 2.10. The first-order valence-corrected chi connectivity index (χ1v) is 9.01. The van der Waals surface area contributed by atoms with Gasteiger partial charge in [0.25, 0.3) is 5.91 Å². The number of nitrogens with one attached hydrogen (secondary N) is 2. The van der Waals surface area contributed by atoms with Gasteiger partial charge in [-0.1, -0.05) is 44.4 Å². The third kappa shape index (κ3) is 6.67. The van der Waals surface area contributed by atoms with Gasteiger partial charge in [0.1, 0.15) is 5.82 Å². The maximum absolute atomic E-state index is 13.1. The molecule has 4 nitrogen and oxygen atoms in total. The normalized spacial score (nSPS) is 10.4. The molecule has 0 aromatic heterocycles. The summed E-state index contributed by atoms with van der Waals surface area (Å²) in [6, 6.07) is 13.1. The molecule has 2 aromatic carbocycles. The summed E-state index contributed by atoms with van der Waals surface area (Å²) < 4.78 is 13.1. The quantitative estimate of drug-likeness (QED) is 0.658. The molecule has 0 bridgehead atoms. The molecule has 0 aliphatic carbocycles. The smallest absolute Gasteiger partial charge is 0.251 e. The predicted octanol–water partition coefficient (Wildman–Crippen LogP) is 4.32. The second-order valence-corrected chi connectivity index (χ2v) is 6.25. The summed E-state index contributed by atoms with van der Waals surface area (Å²) in [6.45, 7) is 2.01. The molecule has 0 unspecified atom stereocenters. The number of benzene rings is 2. The Morgan fingerprint density at radius 2 is 1.77 bits per heavy atom. The van der Waals surface area contributed by atoms with Crippen molar-refractivity contribution in [1.82, 2.24) is 5.32 Å². The zero-order chi connectivity index (χ0) is 18.8. The van der Waals surface area contributed by atoms with E-state index in [2.05, 4.69) is 17.6 Å². The molecule has 2 rings (SSSR count). The average Bonchev–Trinajstić information content (AvgIpc) is 2.64. The number of amides is 2. The standard InChI is InChI=1S/C21H25FN2O2/c1-2-3-4-5-7-16-10-12-17(13-11-16)21(26)23-15-20(25)24-19-9-6-8-18(22)14-19/h6,8-14H,2-5,7,15H2,1H3,(H,23,26)(H,24,25). The summed E-state index contributed by atoms with van der Waals surface area (Å²) in [7, 11) is 0. The third-order valence-corrected chi connectivity index (χ3v) is 4.05. The van der Waals surface area contributed by atoms with Crippen LogP contribution in [0.1, 0.15) is 48.5 Å². The first kappa shape index (κ1) is 19.6. The van der Waals surface area contributed by atoms with Crippen molar-refractivity contribution in [3.8, 4) is 0 Å². The van der Waals surface area contributed by atoms with E-state index < -0.39 is 11.7 Å². The van der Waals surface area contributed by atoms with Crippen LogP contribution in [0.25, 0.3) is 0 Å². The predicted molar refractivity (Wildman–Crippen MR) is 102 cm³/mol. The molecule has 0 spiro atoms. The lowest BCUT2D eigenvalue weighted by molar-refractivity contribution is -0.115. The Morgan fingerprint density at radius 1 is 1.00 bits per heavy atom. The highest BCUT2D eigenvalue weighted by molar-refractivity contribution is 5.99. The fourth-order valence-corrected chi connectivity index (χ4v) is 2.61. The van der Waals surface area contributed by atoms with Gasteiger partial charge in [-0.05, 0) is 48.7 Å². The molecule has 0 aliphatic heterocycles. The first-order valence-electron chi connectivity index (χ1n) is 9.01. The molecule has 0 aliphatic rings. The Balaban J connectivity index is 1.77. The van der Waals surface area contributed by atoms with E-state index in [1.54, 1.807) is 18.2 Å². The summed E-state index contributed by atoms with van der Waals surface area (Å²) in [5, 5.41) is 5.11. The lowest BCUT2D eigenvalue weighted by Crippen LogP contribution is -2.32. The van der Waals surface area contributed by atoms with Crippen LogP contribution in [0.15, 0.2) is 48.5 Å². The van der Waals surface area contributed by atoms with Crippen LogP contribution in [-0.4, -0.2) is 18.4 Å². The molecule has 0 fully saturated rings. The molecule has 5 heteroatoms. The average molecular weight is 356 g/mol. The van der Waals surface area contributed by atoms with E-state index in [1.807, 2.05) is 12.1 Å². The van der Waals surface area contributed by atoms with Crippen molar-refractivity contribution >= 4 is 17.5 Å². The second kappa shape index (κ2) is 10.3. The molecule has 138 valence electrons. The number of carbonyl (C=O) groups is 2. The van der Waals surface area contributed by atoms with Gasteiger partial charge >= 0.3 is 0 Å². The van der Waals surface area contributed by atoms with Crippen LogP contribution >= 0.6 is 0 Å². The minimum Gasteiger partial charge on any atom is -0.343 e. The van der Waals surface area contributed by atoms with Gasteiger partial charge < -0.3 is 10.6 Å². The number of anilines is 1. The highest BCUT2D eigenvalue weighted by atomic mass is 19.1. The van der Waals surface area contributed by atoms with Crippen molar-refractivity contribution in [2.75, 3.05) is 11.9 Å². The van der Waals surface area contributed by atoms with Crippen molar-refractivity contribution in [2.24, 2.45) is 0 Å². The van der Waals surface area contributed by atoms with E-state index in [0.717, 1.165) is 12.8 Å². The number of halogens is 1. The first-order chi connectivity index (χ1) is 12.6. The molecule has 0 atom stereocenters. The number of unbranched alkanes of at least 4 members (excludes halogenated alkanes) is 3. The monoisotopic (exact) mass is 356 g/mol.